The van der Waals surface area contributed by atoms with E-state index in [0.717, 1.165) is 26.8 Å². The Morgan fingerprint density at radius 3 is 2.68 bits per heavy atom. The molecule has 0 aliphatic heterocycles. The Morgan fingerprint density at radius 1 is 1.20 bits per heavy atom. The van der Waals surface area contributed by atoms with Crippen LogP contribution < -0.4 is 5.32 Å². The lowest BCUT2D eigenvalue weighted by Gasteiger charge is -2.08. The summed E-state index contributed by atoms with van der Waals surface area (Å²) in [6, 6.07) is 13.6. The molecule has 0 radical (unpaired) electrons. The van der Waals surface area contributed by atoms with Crippen molar-refractivity contribution < 1.29 is 4.79 Å². The molecule has 0 atom stereocenters. The molecule has 25 heavy (non-hydrogen) atoms. The molecule has 1 heterocycles. The van der Waals surface area contributed by atoms with Crippen LogP contribution in [0.15, 0.2) is 52.2 Å². The number of carbonyl (C=O) groups is 1. The van der Waals surface area contributed by atoms with Gasteiger partial charge in [0.05, 0.1) is 11.4 Å². The number of hydrogen-bond acceptors (Lipinski definition) is 4. The smallest absolute Gasteiger partial charge is 0.234 e. The molecule has 1 N–H and O–H groups in total. The van der Waals surface area contributed by atoms with E-state index in [9.17, 15) is 4.79 Å². The van der Waals surface area contributed by atoms with Crippen molar-refractivity contribution in [2.75, 3.05) is 11.1 Å². The van der Waals surface area contributed by atoms with Crippen LogP contribution in [-0.4, -0.2) is 16.6 Å². The van der Waals surface area contributed by atoms with E-state index in [0.29, 0.717) is 10.8 Å². The van der Waals surface area contributed by atoms with Crippen LogP contribution in [0, 0.1) is 13.8 Å². The number of nitrogens with one attached hydrogen (secondary N) is 1. The third-order valence-electron chi connectivity index (χ3n) is 3.61. The lowest BCUT2D eigenvalue weighted by atomic mass is 10.1. The number of halogens is 1. The molecular weight excluding hydrogens is 372 g/mol. The van der Waals surface area contributed by atoms with E-state index in [1.165, 1.54) is 17.3 Å². The van der Waals surface area contributed by atoms with E-state index >= 15 is 0 Å². The van der Waals surface area contributed by atoms with Crippen molar-refractivity contribution in [3.8, 4) is 11.3 Å². The second kappa shape index (κ2) is 8.04. The SMILES string of the molecule is Cc1ccc(NC(=O)CSc2nc(-c3ccc(Cl)cc3)cs2)c(C)c1. The standard InChI is InChI=1S/C19H17ClN2OS2/c1-12-3-8-16(13(2)9-12)21-18(23)11-25-19-22-17(10-24-19)14-4-6-15(20)7-5-14/h3-10H,11H2,1-2H3,(H,21,23). The highest BCUT2D eigenvalue weighted by Gasteiger charge is 2.09. The van der Waals surface area contributed by atoms with Crippen LogP contribution in [0.2, 0.25) is 5.02 Å². The molecule has 0 bridgehead atoms. The highest BCUT2D eigenvalue weighted by Crippen LogP contribution is 2.29. The number of carbonyl (C=O) groups excluding carboxylic acids is 1. The molecule has 1 amide bonds. The highest BCUT2D eigenvalue weighted by atomic mass is 35.5. The van der Waals surface area contributed by atoms with Crippen LogP contribution in [0.25, 0.3) is 11.3 Å². The van der Waals surface area contributed by atoms with Gasteiger partial charge in [-0.1, -0.05) is 53.2 Å². The second-order valence-electron chi connectivity index (χ2n) is 5.66. The molecule has 1 aromatic heterocycles. The molecule has 3 nitrogen and oxygen atoms in total. The summed E-state index contributed by atoms with van der Waals surface area (Å²) in [4.78, 5) is 16.7. The maximum Gasteiger partial charge on any atom is 0.234 e. The van der Waals surface area contributed by atoms with Crippen LogP contribution in [0.1, 0.15) is 11.1 Å². The third-order valence-corrected chi connectivity index (χ3v) is 5.88. The van der Waals surface area contributed by atoms with Crippen LogP contribution in [-0.2, 0) is 4.79 Å². The fourth-order valence-corrected chi connectivity index (χ4v) is 4.11. The monoisotopic (exact) mass is 388 g/mol. The predicted molar refractivity (Wildman–Crippen MR) is 108 cm³/mol. The fourth-order valence-electron chi connectivity index (χ4n) is 2.34. The predicted octanol–water partition coefficient (Wildman–Crippen LogP) is 5.81. The van der Waals surface area contributed by atoms with Gasteiger partial charge in [0.2, 0.25) is 5.91 Å². The van der Waals surface area contributed by atoms with Crippen molar-refractivity contribution in [3.63, 3.8) is 0 Å². The fraction of sp³-hybridized carbons (Fsp3) is 0.158. The topological polar surface area (TPSA) is 42.0 Å². The number of rotatable bonds is 5. The molecule has 0 saturated carbocycles. The first-order chi connectivity index (χ1) is 12.0. The number of thiazole rings is 1. The van der Waals surface area contributed by atoms with Gasteiger partial charge in [-0.2, -0.15) is 0 Å². The molecule has 0 aliphatic carbocycles. The van der Waals surface area contributed by atoms with Crippen molar-refractivity contribution >= 4 is 46.3 Å². The van der Waals surface area contributed by atoms with Crippen LogP contribution in [0.5, 0.6) is 0 Å². The number of aryl methyl sites for hydroxylation is 2. The number of amides is 1. The lowest BCUT2D eigenvalue weighted by Crippen LogP contribution is -2.14. The van der Waals surface area contributed by atoms with Gasteiger partial charge in [-0.25, -0.2) is 4.98 Å². The Kier molecular flexibility index (Phi) is 5.78. The van der Waals surface area contributed by atoms with Gasteiger partial charge in [-0.3, -0.25) is 4.79 Å². The van der Waals surface area contributed by atoms with E-state index in [2.05, 4.69) is 16.4 Å². The van der Waals surface area contributed by atoms with Crippen molar-refractivity contribution in [1.82, 2.24) is 4.98 Å². The zero-order valence-electron chi connectivity index (χ0n) is 13.9. The molecule has 6 heteroatoms. The molecule has 0 fully saturated rings. The van der Waals surface area contributed by atoms with Gasteiger partial charge in [0.1, 0.15) is 0 Å². The van der Waals surface area contributed by atoms with E-state index < -0.39 is 0 Å². The molecule has 0 unspecified atom stereocenters. The molecule has 0 spiro atoms. The summed E-state index contributed by atoms with van der Waals surface area (Å²) in [5, 5.41) is 5.65. The number of aromatic nitrogens is 1. The maximum absolute atomic E-state index is 12.2. The highest BCUT2D eigenvalue weighted by molar-refractivity contribution is 8.01. The minimum Gasteiger partial charge on any atom is -0.325 e. The number of benzene rings is 2. The molecule has 3 aromatic rings. The Bertz CT molecular complexity index is 891. The minimum absolute atomic E-state index is 0.0276. The first-order valence-electron chi connectivity index (χ1n) is 7.72. The average molecular weight is 389 g/mol. The van der Waals surface area contributed by atoms with E-state index in [1.54, 1.807) is 11.3 Å². The number of anilines is 1. The summed E-state index contributed by atoms with van der Waals surface area (Å²) >= 11 is 8.89. The summed E-state index contributed by atoms with van der Waals surface area (Å²) in [7, 11) is 0. The van der Waals surface area contributed by atoms with Gasteiger partial charge in [0.15, 0.2) is 4.34 Å². The minimum atomic E-state index is -0.0276. The van der Waals surface area contributed by atoms with Gasteiger partial charge in [-0.15, -0.1) is 11.3 Å². The van der Waals surface area contributed by atoms with E-state index in [4.69, 9.17) is 11.6 Å². The van der Waals surface area contributed by atoms with Crippen molar-refractivity contribution in [1.29, 1.82) is 0 Å². The molecule has 0 aliphatic rings. The lowest BCUT2D eigenvalue weighted by molar-refractivity contribution is -0.113. The number of hydrogen-bond donors (Lipinski definition) is 1. The third kappa shape index (κ3) is 4.84. The average Bonchev–Trinajstić information content (AvgIpc) is 3.05. The maximum atomic E-state index is 12.2. The van der Waals surface area contributed by atoms with Crippen LogP contribution in [0.3, 0.4) is 0 Å². The van der Waals surface area contributed by atoms with E-state index in [1.807, 2.05) is 55.6 Å². The molecular formula is C19H17ClN2OS2. The van der Waals surface area contributed by atoms with Gasteiger partial charge < -0.3 is 5.32 Å². The summed E-state index contributed by atoms with van der Waals surface area (Å²) in [5.41, 5.74) is 5.03. The second-order valence-corrected chi connectivity index (χ2v) is 8.18. The van der Waals surface area contributed by atoms with Crippen LogP contribution >= 0.6 is 34.7 Å². The summed E-state index contributed by atoms with van der Waals surface area (Å²) in [5.74, 6) is 0.307. The van der Waals surface area contributed by atoms with Crippen molar-refractivity contribution in [3.05, 3.63) is 64.0 Å². The number of thioether (sulfide) groups is 1. The van der Waals surface area contributed by atoms with E-state index in [-0.39, 0.29) is 5.91 Å². The van der Waals surface area contributed by atoms with Crippen molar-refractivity contribution in [2.45, 2.75) is 18.2 Å². The largest absolute Gasteiger partial charge is 0.325 e. The van der Waals surface area contributed by atoms with Gasteiger partial charge in [0.25, 0.3) is 0 Å². The molecule has 128 valence electrons. The van der Waals surface area contributed by atoms with Gasteiger partial charge in [-0.05, 0) is 37.6 Å². The normalized spacial score (nSPS) is 10.7. The Balaban J connectivity index is 1.58. The Labute approximate surface area is 160 Å². The molecule has 2 aromatic carbocycles. The Morgan fingerprint density at radius 2 is 1.96 bits per heavy atom. The molecule has 3 rings (SSSR count). The van der Waals surface area contributed by atoms with Gasteiger partial charge in [0, 0.05) is 21.7 Å². The zero-order valence-corrected chi connectivity index (χ0v) is 16.3. The van der Waals surface area contributed by atoms with Crippen LogP contribution in [0.4, 0.5) is 5.69 Å². The molecule has 0 saturated heterocycles. The van der Waals surface area contributed by atoms with Gasteiger partial charge >= 0.3 is 0 Å². The summed E-state index contributed by atoms with van der Waals surface area (Å²) in [6.07, 6.45) is 0. The summed E-state index contributed by atoms with van der Waals surface area (Å²) in [6.45, 7) is 4.03. The zero-order chi connectivity index (χ0) is 17.8. The quantitative estimate of drug-likeness (QED) is 0.560. The van der Waals surface area contributed by atoms with Crippen molar-refractivity contribution in [2.24, 2.45) is 0 Å². The first kappa shape index (κ1) is 18.0. The number of nitrogens with zero attached hydrogens (tertiary/aromatic N) is 1. The Hall–Kier alpha value is -1.82. The first-order valence-corrected chi connectivity index (χ1v) is 9.97. The summed E-state index contributed by atoms with van der Waals surface area (Å²) < 4.78 is 0.876.